The van der Waals surface area contributed by atoms with Gasteiger partial charge >= 0.3 is 0 Å². The number of aromatic nitrogens is 3. The van der Waals surface area contributed by atoms with E-state index in [9.17, 15) is 4.79 Å². The average molecular weight is 355 g/mol. The molecule has 1 aliphatic rings. The first kappa shape index (κ1) is 18.6. The summed E-state index contributed by atoms with van der Waals surface area (Å²) in [6, 6.07) is 2.02. The Kier molecular flexibility index (Phi) is 4.65. The number of hydrogen-bond donors (Lipinski definition) is 2. The third kappa shape index (κ3) is 3.65. The van der Waals surface area contributed by atoms with Crippen molar-refractivity contribution in [1.82, 2.24) is 20.1 Å². The van der Waals surface area contributed by atoms with Crippen molar-refractivity contribution in [1.29, 1.82) is 0 Å². The summed E-state index contributed by atoms with van der Waals surface area (Å²) in [6.07, 6.45) is 5.09. The Morgan fingerprint density at radius 2 is 2.00 bits per heavy atom. The molecular weight excluding hydrogens is 326 g/mol. The van der Waals surface area contributed by atoms with Gasteiger partial charge in [-0.05, 0) is 27.0 Å². The van der Waals surface area contributed by atoms with Crippen LogP contribution < -0.4 is 10.6 Å². The van der Waals surface area contributed by atoms with Crippen molar-refractivity contribution in [3.8, 4) is 0 Å². The van der Waals surface area contributed by atoms with Crippen molar-refractivity contribution < 1.29 is 4.79 Å². The standard InChI is InChI=1S/C20H29N5O/c1-19(2,3)17-8-15-14(7-18(26)24-15)16(23-17)9-20(4,5)25-12-13(10-21-6)11-22-25/h8,11-12,21H,7,9-10H2,1-6H3,(H,24,26). The molecule has 3 heterocycles. The lowest BCUT2D eigenvalue weighted by Crippen LogP contribution is -2.31. The van der Waals surface area contributed by atoms with Crippen LogP contribution in [0.2, 0.25) is 0 Å². The van der Waals surface area contributed by atoms with Crippen molar-refractivity contribution in [3.05, 3.63) is 41.0 Å². The average Bonchev–Trinajstić information content (AvgIpc) is 3.12. The minimum Gasteiger partial charge on any atom is -0.325 e. The molecule has 0 spiro atoms. The van der Waals surface area contributed by atoms with Crippen LogP contribution in [0.25, 0.3) is 0 Å². The van der Waals surface area contributed by atoms with E-state index in [1.165, 1.54) is 0 Å². The Morgan fingerprint density at radius 1 is 1.27 bits per heavy atom. The summed E-state index contributed by atoms with van der Waals surface area (Å²) in [7, 11) is 1.93. The molecule has 3 rings (SSSR count). The molecule has 2 aromatic heterocycles. The number of carbonyl (C=O) groups is 1. The van der Waals surface area contributed by atoms with Crippen molar-refractivity contribution in [3.63, 3.8) is 0 Å². The Morgan fingerprint density at radius 3 is 2.65 bits per heavy atom. The summed E-state index contributed by atoms with van der Waals surface area (Å²) in [6.45, 7) is 11.5. The lowest BCUT2D eigenvalue weighted by molar-refractivity contribution is -0.115. The van der Waals surface area contributed by atoms with Crippen LogP contribution in [0, 0.1) is 0 Å². The lowest BCUT2D eigenvalue weighted by atomic mass is 9.88. The van der Waals surface area contributed by atoms with Crippen LogP contribution in [0.3, 0.4) is 0 Å². The summed E-state index contributed by atoms with van der Waals surface area (Å²) in [5.74, 6) is 0.0438. The molecule has 0 bridgehead atoms. The van der Waals surface area contributed by atoms with E-state index in [1.54, 1.807) is 0 Å². The van der Waals surface area contributed by atoms with Crippen LogP contribution >= 0.6 is 0 Å². The van der Waals surface area contributed by atoms with Crippen LogP contribution in [-0.4, -0.2) is 27.7 Å². The zero-order valence-electron chi connectivity index (χ0n) is 16.6. The Balaban J connectivity index is 1.97. The van der Waals surface area contributed by atoms with Gasteiger partial charge in [0.05, 0.1) is 18.2 Å². The monoisotopic (exact) mass is 355 g/mol. The number of rotatable bonds is 5. The molecule has 0 unspecified atom stereocenters. The number of amides is 1. The molecule has 0 aromatic carbocycles. The predicted molar refractivity (Wildman–Crippen MR) is 103 cm³/mol. The Bertz CT molecular complexity index is 829. The number of anilines is 1. The first-order valence-corrected chi connectivity index (χ1v) is 9.12. The molecular formula is C20H29N5O. The van der Waals surface area contributed by atoms with E-state index < -0.39 is 0 Å². The van der Waals surface area contributed by atoms with Crippen LogP contribution in [0.1, 0.15) is 57.1 Å². The quantitative estimate of drug-likeness (QED) is 0.865. The molecule has 1 amide bonds. The fourth-order valence-corrected chi connectivity index (χ4v) is 3.30. The second-order valence-electron chi connectivity index (χ2n) is 8.77. The Hall–Kier alpha value is -2.21. The molecule has 0 saturated carbocycles. The van der Waals surface area contributed by atoms with E-state index >= 15 is 0 Å². The molecule has 140 valence electrons. The highest BCUT2D eigenvalue weighted by atomic mass is 16.1. The van der Waals surface area contributed by atoms with Crippen molar-refractivity contribution in [2.45, 2.75) is 65.0 Å². The minimum absolute atomic E-state index is 0.0438. The second kappa shape index (κ2) is 6.50. The number of nitrogens with zero attached hydrogens (tertiary/aromatic N) is 3. The maximum atomic E-state index is 12.0. The number of nitrogens with one attached hydrogen (secondary N) is 2. The third-order valence-electron chi connectivity index (χ3n) is 4.83. The summed E-state index contributed by atoms with van der Waals surface area (Å²) >= 11 is 0. The summed E-state index contributed by atoms with van der Waals surface area (Å²) in [5, 5.41) is 10.7. The van der Waals surface area contributed by atoms with E-state index in [-0.39, 0.29) is 16.9 Å². The van der Waals surface area contributed by atoms with Crippen molar-refractivity contribution in [2.24, 2.45) is 0 Å². The van der Waals surface area contributed by atoms with Gasteiger partial charge in [0.25, 0.3) is 0 Å². The van der Waals surface area contributed by atoms with E-state index in [1.807, 2.05) is 24.0 Å². The van der Waals surface area contributed by atoms with Gasteiger partial charge in [-0.2, -0.15) is 5.10 Å². The summed E-state index contributed by atoms with van der Waals surface area (Å²) in [5.41, 5.74) is 4.76. The normalized spacial score (nSPS) is 14.5. The van der Waals surface area contributed by atoms with Gasteiger partial charge in [0.2, 0.25) is 5.91 Å². The van der Waals surface area contributed by atoms with Crippen LogP contribution in [0.5, 0.6) is 0 Å². The number of pyridine rings is 1. The lowest BCUT2D eigenvalue weighted by Gasteiger charge is -2.27. The van der Waals surface area contributed by atoms with E-state index in [0.717, 1.165) is 41.2 Å². The van der Waals surface area contributed by atoms with Gasteiger partial charge in [-0.25, -0.2) is 0 Å². The van der Waals surface area contributed by atoms with Gasteiger partial charge in [0, 0.05) is 52.8 Å². The van der Waals surface area contributed by atoms with Crippen molar-refractivity contribution in [2.75, 3.05) is 12.4 Å². The summed E-state index contributed by atoms with van der Waals surface area (Å²) < 4.78 is 2.00. The number of carbonyl (C=O) groups excluding carboxylic acids is 1. The maximum Gasteiger partial charge on any atom is 0.228 e. The fourth-order valence-electron chi connectivity index (χ4n) is 3.30. The van der Waals surface area contributed by atoms with Crippen LogP contribution in [0.4, 0.5) is 5.69 Å². The molecule has 6 heteroatoms. The van der Waals surface area contributed by atoms with Gasteiger partial charge in [-0.15, -0.1) is 0 Å². The number of fused-ring (bicyclic) bond motifs is 1. The van der Waals surface area contributed by atoms with Gasteiger partial charge < -0.3 is 10.6 Å². The highest BCUT2D eigenvalue weighted by Crippen LogP contribution is 2.33. The molecule has 26 heavy (non-hydrogen) atoms. The molecule has 0 aliphatic carbocycles. The SMILES string of the molecule is CNCc1cnn(C(C)(C)Cc2nc(C(C)(C)C)cc3c2CC(=O)N3)c1. The molecule has 0 fully saturated rings. The first-order chi connectivity index (χ1) is 12.1. The first-order valence-electron chi connectivity index (χ1n) is 9.12. The Labute approximate surface area is 155 Å². The zero-order valence-corrected chi connectivity index (χ0v) is 16.6. The van der Waals surface area contributed by atoms with Gasteiger partial charge in [0.1, 0.15) is 0 Å². The highest BCUT2D eigenvalue weighted by Gasteiger charge is 2.30. The fraction of sp³-hybridized carbons (Fsp3) is 0.550. The summed E-state index contributed by atoms with van der Waals surface area (Å²) in [4.78, 5) is 16.9. The largest absolute Gasteiger partial charge is 0.325 e. The predicted octanol–water partition coefficient (Wildman–Crippen LogP) is 2.77. The smallest absolute Gasteiger partial charge is 0.228 e. The van der Waals surface area contributed by atoms with E-state index in [4.69, 9.17) is 4.98 Å². The molecule has 2 N–H and O–H groups in total. The van der Waals surface area contributed by atoms with Crippen LogP contribution in [-0.2, 0) is 35.1 Å². The third-order valence-corrected chi connectivity index (χ3v) is 4.83. The molecule has 2 aromatic rings. The van der Waals surface area contributed by atoms with E-state index in [2.05, 4.69) is 56.5 Å². The highest BCUT2D eigenvalue weighted by molar-refractivity contribution is 5.99. The number of hydrogen-bond acceptors (Lipinski definition) is 4. The van der Waals surface area contributed by atoms with Crippen molar-refractivity contribution >= 4 is 11.6 Å². The molecule has 6 nitrogen and oxygen atoms in total. The molecule has 0 atom stereocenters. The molecule has 0 saturated heterocycles. The van der Waals surface area contributed by atoms with Gasteiger partial charge in [-0.3, -0.25) is 14.5 Å². The van der Waals surface area contributed by atoms with Gasteiger partial charge in [0.15, 0.2) is 0 Å². The maximum absolute atomic E-state index is 12.0. The molecule has 1 aliphatic heterocycles. The minimum atomic E-state index is -0.241. The molecule has 0 radical (unpaired) electrons. The second-order valence-corrected chi connectivity index (χ2v) is 8.77. The zero-order chi connectivity index (χ0) is 19.1. The topological polar surface area (TPSA) is 71.8 Å². The van der Waals surface area contributed by atoms with Crippen LogP contribution in [0.15, 0.2) is 18.5 Å². The van der Waals surface area contributed by atoms with Gasteiger partial charge in [-0.1, -0.05) is 20.8 Å². The van der Waals surface area contributed by atoms with E-state index in [0.29, 0.717) is 6.42 Å².